The summed E-state index contributed by atoms with van der Waals surface area (Å²) in [4.78, 5) is 12.4. The molecule has 2 saturated heterocycles. The Labute approximate surface area is 256 Å². The van der Waals surface area contributed by atoms with Crippen LogP contribution in [0.2, 0.25) is 0 Å². The molecule has 5 heterocycles. The molecule has 236 valence electrons. The number of methoxy groups -OCH3 is 2. The first-order valence-corrected chi connectivity index (χ1v) is 14.6. The molecule has 3 aromatic rings. The molecule has 13 heteroatoms. The Morgan fingerprint density at radius 3 is 2.60 bits per heavy atom. The van der Waals surface area contributed by atoms with Crippen LogP contribution >= 0.6 is 0 Å². The number of phenolic OH excluding ortho intramolecular Hbond substituents is 1. The van der Waals surface area contributed by atoms with Gasteiger partial charge in [0.25, 0.3) is 5.79 Å². The van der Waals surface area contributed by atoms with Gasteiger partial charge in [-0.05, 0) is 48.2 Å². The Balaban J connectivity index is 1.30. The van der Waals surface area contributed by atoms with Crippen LogP contribution in [-0.4, -0.2) is 88.1 Å². The van der Waals surface area contributed by atoms with Gasteiger partial charge in [0.2, 0.25) is 5.75 Å². The van der Waals surface area contributed by atoms with Crippen LogP contribution < -0.4 is 29.0 Å². The van der Waals surface area contributed by atoms with E-state index in [0.29, 0.717) is 45.4 Å². The number of ether oxygens (including phenoxy) is 6. The highest BCUT2D eigenvalue weighted by atomic mass is 16.7. The fourth-order valence-corrected chi connectivity index (χ4v) is 7.60. The summed E-state index contributed by atoms with van der Waals surface area (Å²) in [5, 5.41) is 56.6. The number of hydrogen-bond acceptors (Lipinski definition) is 12. The summed E-state index contributed by atoms with van der Waals surface area (Å²) in [6, 6.07) is 11.2. The predicted molar refractivity (Wildman–Crippen MR) is 154 cm³/mol. The van der Waals surface area contributed by atoms with Crippen molar-refractivity contribution in [3.8, 4) is 45.6 Å². The number of aromatic hydroxyl groups is 1. The van der Waals surface area contributed by atoms with Crippen molar-refractivity contribution in [2.45, 2.75) is 60.6 Å². The lowest BCUT2D eigenvalue weighted by Gasteiger charge is -2.59. The molecular formula is C32H31NO12. The van der Waals surface area contributed by atoms with Gasteiger partial charge in [0.1, 0.15) is 35.9 Å². The van der Waals surface area contributed by atoms with E-state index in [0.717, 1.165) is 5.56 Å². The number of aliphatic hydroxyl groups is 3. The van der Waals surface area contributed by atoms with Crippen LogP contribution in [0.25, 0.3) is 11.1 Å². The third-order valence-corrected chi connectivity index (χ3v) is 9.79. The quantitative estimate of drug-likeness (QED) is 0.250. The van der Waals surface area contributed by atoms with Gasteiger partial charge in [-0.25, -0.2) is 4.79 Å². The van der Waals surface area contributed by atoms with E-state index in [1.807, 2.05) is 12.1 Å². The van der Waals surface area contributed by atoms with Gasteiger partial charge in [-0.3, -0.25) is 0 Å². The fraction of sp³-hybridized carbons (Fsp3) is 0.406. The molecule has 0 aliphatic carbocycles. The normalized spacial score (nSPS) is 33.4. The second-order valence-corrected chi connectivity index (χ2v) is 12.0. The fourth-order valence-electron chi connectivity index (χ4n) is 7.60. The molecule has 2 fully saturated rings. The lowest BCUT2D eigenvalue weighted by molar-refractivity contribution is -0.381. The number of phenols is 1. The Kier molecular flexibility index (Phi) is 5.95. The number of aliphatic carboxylic acids is 1. The van der Waals surface area contributed by atoms with Crippen molar-refractivity contribution in [3.05, 3.63) is 53.6 Å². The molecule has 0 radical (unpaired) electrons. The molecule has 0 aromatic heterocycles. The van der Waals surface area contributed by atoms with Crippen molar-refractivity contribution in [1.29, 1.82) is 0 Å². The molecule has 8 atom stereocenters. The lowest BCUT2D eigenvalue weighted by atomic mass is 9.72. The summed E-state index contributed by atoms with van der Waals surface area (Å²) in [5.41, 5.74) is 0.992. The molecule has 0 saturated carbocycles. The monoisotopic (exact) mass is 621 g/mol. The smallest absolute Gasteiger partial charge is 0.339 e. The van der Waals surface area contributed by atoms with E-state index in [9.17, 15) is 30.3 Å². The number of carboxylic acid groups (broad SMARTS) is 1. The Morgan fingerprint density at radius 1 is 1.04 bits per heavy atom. The SMILES string of the molecule is COc1ccc2c(c1OC)O[C@@H]1c3c(-c4cccc(O)c4)cc4c(c3OC[C@@H]21)N[C@H]1CC[C@@]2(C(=O)O)O[C@@]1(O4)[C@H](O)[C@@H](O)[C@@H]2O. The average Bonchev–Trinajstić information content (AvgIpc) is 3.43. The molecule has 0 amide bonds. The van der Waals surface area contributed by atoms with Crippen LogP contribution in [0.15, 0.2) is 42.5 Å². The van der Waals surface area contributed by atoms with Crippen molar-refractivity contribution in [3.63, 3.8) is 0 Å². The van der Waals surface area contributed by atoms with Gasteiger partial charge in [0, 0.05) is 11.1 Å². The summed E-state index contributed by atoms with van der Waals surface area (Å²) in [7, 11) is 3.09. The highest BCUT2D eigenvalue weighted by Gasteiger charge is 2.71. The molecule has 2 bridgehead atoms. The molecule has 45 heavy (non-hydrogen) atoms. The van der Waals surface area contributed by atoms with Gasteiger partial charge in [-0.15, -0.1) is 0 Å². The van der Waals surface area contributed by atoms with E-state index in [4.69, 9.17) is 28.4 Å². The van der Waals surface area contributed by atoms with Crippen LogP contribution in [0.4, 0.5) is 5.69 Å². The first-order chi connectivity index (χ1) is 21.6. The number of carboxylic acids is 1. The number of benzene rings is 3. The first kappa shape index (κ1) is 28.1. The number of anilines is 1. The lowest BCUT2D eigenvalue weighted by Crippen LogP contribution is -2.80. The highest BCUT2D eigenvalue weighted by Crippen LogP contribution is 2.62. The molecule has 13 nitrogen and oxygen atoms in total. The van der Waals surface area contributed by atoms with Crippen molar-refractivity contribution in [2.75, 3.05) is 26.1 Å². The summed E-state index contributed by atoms with van der Waals surface area (Å²) < 4.78 is 36.7. The summed E-state index contributed by atoms with van der Waals surface area (Å²) in [6.07, 6.45) is -6.11. The highest BCUT2D eigenvalue weighted by molar-refractivity contribution is 5.84. The van der Waals surface area contributed by atoms with Crippen LogP contribution in [0.3, 0.4) is 0 Å². The number of carbonyl (C=O) groups is 1. The number of aliphatic hydroxyl groups excluding tert-OH is 3. The topological polar surface area (TPSA) is 186 Å². The molecule has 0 unspecified atom stereocenters. The zero-order valence-electron chi connectivity index (χ0n) is 24.2. The molecule has 1 spiro atoms. The largest absolute Gasteiger partial charge is 0.508 e. The number of nitrogens with one attached hydrogen (secondary N) is 1. The van der Waals surface area contributed by atoms with E-state index in [2.05, 4.69) is 5.32 Å². The van der Waals surface area contributed by atoms with Crippen molar-refractivity contribution in [1.82, 2.24) is 0 Å². The van der Waals surface area contributed by atoms with Crippen LogP contribution in [0.1, 0.15) is 36.0 Å². The Bertz CT molecular complexity index is 1750. The number of fused-ring (bicyclic) bond motifs is 8. The van der Waals surface area contributed by atoms with Crippen molar-refractivity contribution < 1.29 is 58.7 Å². The first-order valence-electron chi connectivity index (χ1n) is 14.6. The zero-order chi connectivity index (χ0) is 31.4. The average molecular weight is 622 g/mol. The van der Waals surface area contributed by atoms with Crippen LogP contribution in [0, 0.1) is 0 Å². The van der Waals surface area contributed by atoms with Crippen molar-refractivity contribution in [2.24, 2.45) is 0 Å². The van der Waals surface area contributed by atoms with Gasteiger partial charge >= 0.3 is 5.97 Å². The molecule has 3 aromatic carbocycles. The molecule has 5 aliphatic rings. The van der Waals surface area contributed by atoms with Gasteiger partial charge < -0.3 is 59.3 Å². The van der Waals surface area contributed by atoms with Gasteiger partial charge in [-0.1, -0.05) is 18.2 Å². The van der Waals surface area contributed by atoms with Gasteiger partial charge in [0.15, 0.2) is 28.6 Å². The molecule has 8 rings (SSSR count). The molecular weight excluding hydrogens is 590 g/mol. The summed E-state index contributed by atoms with van der Waals surface area (Å²) in [6.45, 7) is 0.236. The van der Waals surface area contributed by atoms with E-state index in [1.165, 1.54) is 0 Å². The van der Waals surface area contributed by atoms with Crippen LogP contribution in [-0.2, 0) is 9.53 Å². The maximum absolute atomic E-state index is 12.4. The molecule has 5 aliphatic heterocycles. The maximum atomic E-state index is 12.4. The Hall–Kier alpha value is -4.43. The second kappa shape index (κ2) is 9.54. The predicted octanol–water partition coefficient (Wildman–Crippen LogP) is 2.29. The second-order valence-electron chi connectivity index (χ2n) is 12.0. The summed E-state index contributed by atoms with van der Waals surface area (Å²) in [5.74, 6) is -1.64. The van der Waals surface area contributed by atoms with Crippen molar-refractivity contribution >= 4 is 11.7 Å². The Morgan fingerprint density at radius 2 is 1.87 bits per heavy atom. The minimum atomic E-state index is -2.19. The van der Waals surface area contributed by atoms with Crippen LogP contribution in [0.5, 0.6) is 34.5 Å². The molecule has 6 N–H and O–H groups in total. The van der Waals surface area contributed by atoms with Gasteiger partial charge in [0.05, 0.1) is 32.8 Å². The number of hydrogen-bond donors (Lipinski definition) is 6. The zero-order valence-corrected chi connectivity index (χ0v) is 24.2. The van der Waals surface area contributed by atoms with Gasteiger partial charge in [-0.2, -0.15) is 0 Å². The third-order valence-electron chi connectivity index (χ3n) is 9.79. The number of rotatable bonds is 4. The van der Waals surface area contributed by atoms with E-state index in [1.54, 1.807) is 44.6 Å². The van der Waals surface area contributed by atoms with E-state index >= 15 is 0 Å². The standard InChI is InChI=1S/C32H31NO12/c1-40-18-7-6-15-17-12-42-27-21(24(17)43-25(15)26(18)41-2)16(13-4-3-5-14(34)10-13)11-19-22(27)33-20-8-9-31(30(38)39)28(36)23(35)29(37)32(20,44-19)45-31/h3-7,10-11,17,20,23-24,28-29,33-37H,8-9,12H2,1-2H3,(H,38,39)/t17-,20-,23-,24-,28-,29+,31+,32+/m0/s1. The maximum Gasteiger partial charge on any atom is 0.339 e. The third kappa shape index (κ3) is 3.60. The summed E-state index contributed by atoms with van der Waals surface area (Å²) >= 11 is 0. The minimum Gasteiger partial charge on any atom is -0.508 e. The minimum absolute atomic E-state index is 0.0219. The van der Waals surface area contributed by atoms with E-state index < -0.39 is 47.8 Å². The van der Waals surface area contributed by atoms with E-state index in [-0.39, 0.29) is 36.9 Å².